The van der Waals surface area contributed by atoms with Crippen molar-refractivity contribution in [3.63, 3.8) is 0 Å². The summed E-state index contributed by atoms with van der Waals surface area (Å²) in [5.74, 6) is 0.417. The summed E-state index contributed by atoms with van der Waals surface area (Å²) in [6.07, 6.45) is 2.22. The molecule has 3 rings (SSSR count). The fourth-order valence-corrected chi connectivity index (χ4v) is 2.46. The van der Waals surface area contributed by atoms with Crippen molar-refractivity contribution in [3.05, 3.63) is 60.2 Å². The van der Waals surface area contributed by atoms with E-state index in [0.717, 1.165) is 25.1 Å². The topological polar surface area (TPSA) is 47.6 Å². The van der Waals surface area contributed by atoms with Crippen LogP contribution in [0.2, 0.25) is 0 Å². The smallest absolute Gasteiger partial charge is 0.259 e. The lowest BCUT2D eigenvalue weighted by molar-refractivity contribution is 0.0673. The molecule has 22 heavy (non-hydrogen) atoms. The molecule has 1 saturated heterocycles. The van der Waals surface area contributed by atoms with Gasteiger partial charge in [-0.3, -0.25) is 4.79 Å². The molecular formula is C18H19NO3. The third kappa shape index (κ3) is 3.65. The number of rotatable bonds is 5. The molecule has 0 unspecified atom stereocenters. The van der Waals surface area contributed by atoms with E-state index in [9.17, 15) is 4.79 Å². The number of nitrogens with one attached hydrogen (secondary N) is 1. The van der Waals surface area contributed by atoms with Gasteiger partial charge in [-0.15, -0.1) is 0 Å². The molecule has 2 aromatic carbocycles. The van der Waals surface area contributed by atoms with E-state index in [1.54, 1.807) is 6.07 Å². The van der Waals surface area contributed by atoms with E-state index in [1.165, 1.54) is 0 Å². The van der Waals surface area contributed by atoms with Gasteiger partial charge in [0.15, 0.2) is 0 Å². The fraction of sp³-hybridized carbons (Fsp3) is 0.278. The Kier molecular flexibility index (Phi) is 4.71. The summed E-state index contributed by atoms with van der Waals surface area (Å²) < 4.78 is 11.3. The van der Waals surface area contributed by atoms with Crippen molar-refractivity contribution in [3.8, 4) is 5.75 Å². The van der Waals surface area contributed by atoms with Crippen molar-refractivity contribution in [2.24, 2.45) is 0 Å². The minimum absolute atomic E-state index is 0.130. The number of para-hydroxylation sites is 2. The van der Waals surface area contributed by atoms with Crippen LogP contribution in [0.3, 0.4) is 0 Å². The van der Waals surface area contributed by atoms with E-state index in [1.807, 2.05) is 48.5 Å². The largest absolute Gasteiger partial charge is 0.490 e. The second-order valence-electron chi connectivity index (χ2n) is 5.26. The summed E-state index contributed by atoms with van der Waals surface area (Å²) in [6, 6.07) is 16.7. The molecule has 1 aliphatic heterocycles. The lowest BCUT2D eigenvalue weighted by Gasteiger charge is -2.14. The van der Waals surface area contributed by atoms with Crippen molar-refractivity contribution in [2.45, 2.75) is 18.9 Å². The number of benzene rings is 2. The van der Waals surface area contributed by atoms with E-state index in [-0.39, 0.29) is 12.0 Å². The van der Waals surface area contributed by atoms with E-state index in [0.29, 0.717) is 17.9 Å². The zero-order valence-electron chi connectivity index (χ0n) is 12.3. The number of carbonyl (C=O) groups is 1. The first-order valence-corrected chi connectivity index (χ1v) is 7.53. The van der Waals surface area contributed by atoms with Gasteiger partial charge in [0, 0.05) is 12.3 Å². The summed E-state index contributed by atoms with van der Waals surface area (Å²) in [6.45, 7) is 1.28. The number of anilines is 1. The van der Waals surface area contributed by atoms with Gasteiger partial charge in [-0.2, -0.15) is 0 Å². The van der Waals surface area contributed by atoms with Gasteiger partial charge in [0.1, 0.15) is 12.4 Å². The summed E-state index contributed by atoms with van der Waals surface area (Å²) in [5, 5.41) is 2.88. The monoisotopic (exact) mass is 297 g/mol. The molecule has 0 radical (unpaired) electrons. The molecule has 1 heterocycles. The van der Waals surface area contributed by atoms with Crippen LogP contribution in [0.5, 0.6) is 5.75 Å². The zero-order chi connectivity index (χ0) is 15.2. The van der Waals surface area contributed by atoms with Crippen molar-refractivity contribution in [1.29, 1.82) is 0 Å². The first-order valence-electron chi connectivity index (χ1n) is 7.53. The highest BCUT2D eigenvalue weighted by Gasteiger charge is 2.18. The van der Waals surface area contributed by atoms with Crippen LogP contribution >= 0.6 is 0 Å². The van der Waals surface area contributed by atoms with Crippen LogP contribution in [-0.4, -0.2) is 25.2 Å². The summed E-state index contributed by atoms with van der Waals surface area (Å²) >= 11 is 0. The van der Waals surface area contributed by atoms with Crippen molar-refractivity contribution in [2.75, 3.05) is 18.5 Å². The van der Waals surface area contributed by atoms with Crippen molar-refractivity contribution >= 4 is 11.6 Å². The average molecular weight is 297 g/mol. The molecule has 0 spiro atoms. The highest BCUT2D eigenvalue weighted by atomic mass is 16.5. The van der Waals surface area contributed by atoms with Gasteiger partial charge in [0.05, 0.1) is 11.7 Å². The lowest BCUT2D eigenvalue weighted by atomic mass is 10.1. The Morgan fingerprint density at radius 2 is 1.91 bits per heavy atom. The molecule has 0 saturated carbocycles. The highest BCUT2D eigenvalue weighted by molar-refractivity contribution is 6.06. The van der Waals surface area contributed by atoms with Crippen LogP contribution in [0.1, 0.15) is 23.2 Å². The van der Waals surface area contributed by atoms with Gasteiger partial charge in [-0.25, -0.2) is 0 Å². The minimum atomic E-state index is -0.172. The van der Waals surface area contributed by atoms with Gasteiger partial charge in [0.2, 0.25) is 0 Å². The Morgan fingerprint density at radius 1 is 1.14 bits per heavy atom. The first-order chi connectivity index (χ1) is 10.8. The quantitative estimate of drug-likeness (QED) is 0.919. The average Bonchev–Trinajstić information content (AvgIpc) is 3.07. The summed E-state index contributed by atoms with van der Waals surface area (Å²) in [4.78, 5) is 12.4. The molecule has 1 amide bonds. The van der Waals surface area contributed by atoms with Gasteiger partial charge in [0.25, 0.3) is 5.91 Å². The maximum absolute atomic E-state index is 12.4. The molecule has 114 valence electrons. The number of ether oxygens (including phenoxy) is 2. The zero-order valence-corrected chi connectivity index (χ0v) is 12.3. The molecular weight excluding hydrogens is 278 g/mol. The second kappa shape index (κ2) is 7.09. The highest BCUT2D eigenvalue weighted by Crippen LogP contribution is 2.21. The van der Waals surface area contributed by atoms with Gasteiger partial charge >= 0.3 is 0 Å². The third-order valence-corrected chi connectivity index (χ3v) is 3.61. The van der Waals surface area contributed by atoms with Gasteiger partial charge in [-0.1, -0.05) is 30.3 Å². The summed E-state index contributed by atoms with van der Waals surface area (Å²) in [5.41, 5.74) is 1.30. The maximum atomic E-state index is 12.4. The Morgan fingerprint density at radius 3 is 2.68 bits per heavy atom. The minimum Gasteiger partial charge on any atom is -0.490 e. The van der Waals surface area contributed by atoms with Crippen LogP contribution < -0.4 is 10.1 Å². The van der Waals surface area contributed by atoms with Crippen LogP contribution in [-0.2, 0) is 4.74 Å². The molecule has 1 aliphatic rings. The fourth-order valence-electron chi connectivity index (χ4n) is 2.46. The number of hydrogen-bond acceptors (Lipinski definition) is 3. The van der Waals surface area contributed by atoms with Crippen LogP contribution in [0.25, 0.3) is 0 Å². The number of hydrogen-bond donors (Lipinski definition) is 1. The molecule has 1 atom stereocenters. The van der Waals surface area contributed by atoms with Gasteiger partial charge < -0.3 is 14.8 Å². The number of amides is 1. The van der Waals surface area contributed by atoms with E-state index < -0.39 is 0 Å². The molecule has 0 aliphatic carbocycles. The molecule has 2 aromatic rings. The van der Waals surface area contributed by atoms with Gasteiger partial charge in [-0.05, 0) is 37.1 Å². The third-order valence-electron chi connectivity index (χ3n) is 3.61. The predicted octanol–water partition coefficient (Wildman–Crippen LogP) is 3.50. The lowest BCUT2D eigenvalue weighted by Crippen LogP contribution is -2.19. The molecule has 0 aromatic heterocycles. The molecule has 1 N–H and O–H groups in total. The molecule has 1 fully saturated rings. The Balaban J connectivity index is 1.68. The summed E-state index contributed by atoms with van der Waals surface area (Å²) in [7, 11) is 0. The van der Waals surface area contributed by atoms with Crippen LogP contribution in [0.4, 0.5) is 5.69 Å². The van der Waals surface area contributed by atoms with E-state index in [4.69, 9.17) is 9.47 Å². The Labute approximate surface area is 130 Å². The second-order valence-corrected chi connectivity index (χ2v) is 5.26. The molecule has 4 nitrogen and oxygen atoms in total. The van der Waals surface area contributed by atoms with Crippen LogP contribution in [0, 0.1) is 0 Å². The maximum Gasteiger partial charge on any atom is 0.259 e. The SMILES string of the molecule is O=C(Nc1ccccc1)c1ccccc1OC[C@@H]1CCCO1. The predicted molar refractivity (Wildman–Crippen MR) is 85.3 cm³/mol. The normalized spacial score (nSPS) is 17.2. The number of carbonyl (C=O) groups excluding carboxylic acids is 1. The van der Waals surface area contributed by atoms with E-state index in [2.05, 4.69) is 5.32 Å². The Hall–Kier alpha value is -2.33. The van der Waals surface area contributed by atoms with Crippen LogP contribution in [0.15, 0.2) is 54.6 Å². The molecule has 0 bridgehead atoms. The Bertz CT molecular complexity index is 621. The molecule has 4 heteroatoms. The standard InChI is InChI=1S/C18H19NO3/c20-18(19-14-7-2-1-3-8-14)16-10-4-5-11-17(16)22-13-15-9-6-12-21-15/h1-5,7-8,10-11,15H,6,9,12-13H2,(H,19,20)/t15-/m0/s1. The van der Waals surface area contributed by atoms with Crippen molar-refractivity contribution in [1.82, 2.24) is 0 Å². The first kappa shape index (κ1) is 14.6. The van der Waals surface area contributed by atoms with Crippen molar-refractivity contribution < 1.29 is 14.3 Å². The van der Waals surface area contributed by atoms with E-state index >= 15 is 0 Å².